The van der Waals surface area contributed by atoms with Gasteiger partial charge in [-0.25, -0.2) is 18.6 Å². The minimum atomic E-state index is -1.06. The first-order valence-corrected chi connectivity index (χ1v) is 7.61. The number of benzene rings is 2. The van der Waals surface area contributed by atoms with Gasteiger partial charge in [0.05, 0.1) is 12.6 Å². The molecule has 0 atom stereocenters. The van der Waals surface area contributed by atoms with Crippen molar-refractivity contribution in [3.63, 3.8) is 0 Å². The zero-order valence-corrected chi connectivity index (χ0v) is 13.8. The Balaban J connectivity index is 2.02. The fourth-order valence-corrected chi connectivity index (χ4v) is 2.39. The zero-order chi connectivity index (χ0) is 18.0. The second-order valence-electron chi connectivity index (χ2n) is 5.20. The number of esters is 1. The first kappa shape index (κ1) is 17.1. The van der Waals surface area contributed by atoms with E-state index < -0.39 is 17.6 Å². The lowest BCUT2D eigenvalue weighted by atomic mass is 10.1. The van der Waals surface area contributed by atoms with Crippen LogP contribution in [0.25, 0.3) is 10.9 Å². The molecule has 0 N–H and O–H groups in total. The number of hydrogen-bond acceptors (Lipinski definition) is 4. The SMILES string of the molecule is COC(=O)c1cc(OCc2ccc(Cl)cc2)c2cc(F)c(F)cc2n1. The van der Waals surface area contributed by atoms with Crippen LogP contribution in [-0.2, 0) is 11.3 Å². The maximum Gasteiger partial charge on any atom is 0.356 e. The number of carbonyl (C=O) groups excluding carboxylic acids is 1. The van der Waals surface area contributed by atoms with Crippen LogP contribution in [0.3, 0.4) is 0 Å². The molecule has 0 fully saturated rings. The number of halogens is 3. The van der Waals surface area contributed by atoms with E-state index in [4.69, 9.17) is 16.3 Å². The van der Waals surface area contributed by atoms with Crippen LogP contribution in [0.4, 0.5) is 8.78 Å². The Morgan fingerprint density at radius 2 is 1.80 bits per heavy atom. The number of hydrogen-bond donors (Lipinski definition) is 0. The molecule has 0 spiro atoms. The van der Waals surface area contributed by atoms with E-state index in [1.807, 2.05) is 0 Å². The molecule has 7 heteroatoms. The molecule has 0 aliphatic carbocycles. The largest absolute Gasteiger partial charge is 0.488 e. The Morgan fingerprint density at radius 1 is 1.12 bits per heavy atom. The van der Waals surface area contributed by atoms with Crippen LogP contribution >= 0.6 is 11.6 Å². The first-order chi connectivity index (χ1) is 12.0. The van der Waals surface area contributed by atoms with Gasteiger partial charge in [-0.2, -0.15) is 0 Å². The third-order valence-electron chi connectivity index (χ3n) is 3.51. The summed E-state index contributed by atoms with van der Waals surface area (Å²) in [6, 6.07) is 10.2. The monoisotopic (exact) mass is 363 g/mol. The Morgan fingerprint density at radius 3 is 2.48 bits per heavy atom. The van der Waals surface area contributed by atoms with Crippen molar-refractivity contribution in [3.05, 3.63) is 70.4 Å². The van der Waals surface area contributed by atoms with E-state index in [2.05, 4.69) is 9.72 Å². The molecule has 3 aromatic rings. The average Bonchev–Trinajstić information content (AvgIpc) is 2.61. The number of methoxy groups -OCH3 is 1. The van der Waals surface area contributed by atoms with Gasteiger partial charge >= 0.3 is 5.97 Å². The summed E-state index contributed by atoms with van der Waals surface area (Å²) in [4.78, 5) is 15.7. The number of aromatic nitrogens is 1. The lowest BCUT2D eigenvalue weighted by molar-refractivity contribution is 0.0594. The van der Waals surface area contributed by atoms with E-state index in [0.29, 0.717) is 5.02 Å². The maximum atomic E-state index is 13.6. The van der Waals surface area contributed by atoms with Gasteiger partial charge < -0.3 is 9.47 Å². The predicted octanol–water partition coefficient (Wildman–Crippen LogP) is 4.53. The number of ether oxygens (including phenoxy) is 2. The van der Waals surface area contributed by atoms with Gasteiger partial charge in [-0.15, -0.1) is 0 Å². The van der Waals surface area contributed by atoms with Crippen LogP contribution < -0.4 is 4.74 Å². The standard InChI is InChI=1S/C18H12ClF2NO3/c1-24-18(23)16-8-17(25-9-10-2-4-11(19)5-3-10)12-6-13(20)14(21)7-15(12)22-16/h2-8H,9H2,1H3. The van der Waals surface area contributed by atoms with Crippen molar-refractivity contribution in [2.24, 2.45) is 0 Å². The van der Waals surface area contributed by atoms with E-state index in [0.717, 1.165) is 17.7 Å². The molecule has 1 heterocycles. The molecule has 0 bridgehead atoms. The van der Waals surface area contributed by atoms with Crippen molar-refractivity contribution in [2.75, 3.05) is 7.11 Å². The molecular formula is C18H12ClF2NO3. The molecule has 0 aliphatic heterocycles. The minimum Gasteiger partial charge on any atom is -0.488 e. The lowest BCUT2D eigenvalue weighted by Gasteiger charge is -2.11. The highest BCUT2D eigenvalue weighted by Crippen LogP contribution is 2.29. The van der Waals surface area contributed by atoms with Crippen molar-refractivity contribution in [2.45, 2.75) is 6.61 Å². The van der Waals surface area contributed by atoms with Crippen LogP contribution in [-0.4, -0.2) is 18.1 Å². The summed E-state index contributed by atoms with van der Waals surface area (Å²) in [6.45, 7) is 0.149. The average molecular weight is 364 g/mol. The van der Waals surface area contributed by atoms with Crippen molar-refractivity contribution in [1.29, 1.82) is 0 Å². The Kier molecular flexibility index (Phi) is 4.81. The quantitative estimate of drug-likeness (QED) is 0.639. The first-order valence-electron chi connectivity index (χ1n) is 7.23. The molecule has 1 aromatic heterocycles. The molecule has 0 unspecified atom stereocenters. The van der Waals surface area contributed by atoms with Crippen molar-refractivity contribution in [1.82, 2.24) is 4.98 Å². The molecule has 128 valence electrons. The second-order valence-corrected chi connectivity index (χ2v) is 5.63. The van der Waals surface area contributed by atoms with E-state index >= 15 is 0 Å². The Bertz CT molecular complexity index is 945. The second kappa shape index (κ2) is 7.03. The van der Waals surface area contributed by atoms with Crippen LogP contribution in [0.5, 0.6) is 5.75 Å². The van der Waals surface area contributed by atoms with Crippen LogP contribution in [0.15, 0.2) is 42.5 Å². The smallest absolute Gasteiger partial charge is 0.356 e. The normalized spacial score (nSPS) is 10.7. The summed E-state index contributed by atoms with van der Waals surface area (Å²) in [7, 11) is 1.20. The highest BCUT2D eigenvalue weighted by molar-refractivity contribution is 6.30. The molecule has 2 aromatic carbocycles. The molecule has 0 amide bonds. The molecule has 25 heavy (non-hydrogen) atoms. The fourth-order valence-electron chi connectivity index (χ4n) is 2.26. The van der Waals surface area contributed by atoms with E-state index in [-0.39, 0.29) is 29.0 Å². The third kappa shape index (κ3) is 3.69. The number of nitrogens with zero attached hydrogens (tertiary/aromatic N) is 1. The lowest BCUT2D eigenvalue weighted by Crippen LogP contribution is -2.06. The Hall–Kier alpha value is -2.73. The maximum absolute atomic E-state index is 13.6. The molecule has 0 aliphatic rings. The highest BCUT2D eigenvalue weighted by Gasteiger charge is 2.16. The van der Waals surface area contributed by atoms with Crippen LogP contribution in [0.2, 0.25) is 5.02 Å². The van der Waals surface area contributed by atoms with Gasteiger partial charge in [0.25, 0.3) is 0 Å². The number of rotatable bonds is 4. The molecular weight excluding hydrogens is 352 g/mol. The number of fused-ring (bicyclic) bond motifs is 1. The van der Waals surface area contributed by atoms with Crippen molar-refractivity contribution < 1.29 is 23.0 Å². The molecule has 0 saturated carbocycles. The van der Waals surface area contributed by atoms with Crippen molar-refractivity contribution in [3.8, 4) is 5.75 Å². The van der Waals surface area contributed by atoms with Gasteiger partial charge in [0, 0.05) is 22.5 Å². The van der Waals surface area contributed by atoms with Gasteiger partial charge in [-0.05, 0) is 23.8 Å². The van der Waals surface area contributed by atoms with E-state index in [1.54, 1.807) is 24.3 Å². The van der Waals surface area contributed by atoms with Crippen molar-refractivity contribution >= 4 is 28.5 Å². The topological polar surface area (TPSA) is 48.4 Å². The third-order valence-corrected chi connectivity index (χ3v) is 3.77. The van der Waals surface area contributed by atoms with Gasteiger partial charge in [0.15, 0.2) is 17.3 Å². The number of pyridine rings is 1. The zero-order valence-electron chi connectivity index (χ0n) is 13.1. The van der Waals surface area contributed by atoms with Gasteiger partial charge in [-0.3, -0.25) is 0 Å². The summed E-state index contributed by atoms with van der Waals surface area (Å²) < 4.78 is 37.4. The van der Waals surface area contributed by atoms with Gasteiger partial charge in [-0.1, -0.05) is 23.7 Å². The fraction of sp³-hybridized carbons (Fsp3) is 0.111. The van der Waals surface area contributed by atoms with Crippen LogP contribution in [0, 0.1) is 11.6 Å². The predicted molar refractivity (Wildman–Crippen MR) is 88.8 cm³/mol. The summed E-state index contributed by atoms with van der Waals surface area (Å²) >= 11 is 5.83. The minimum absolute atomic E-state index is 0.0629. The van der Waals surface area contributed by atoms with Crippen LogP contribution in [0.1, 0.15) is 16.1 Å². The summed E-state index contributed by atoms with van der Waals surface area (Å²) in [5, 5.41) is 0.837. The Labute approximate surface area is 147 Å². The molecule has 0 saturated heterocycles. The molecule has 4 nitrogen and oxygen atoms in total. The van der Waals surface area contributed by atoms with E-state index in [9.17, 15) is 13.6 Å². The molecule has 0 radical (unpaired) electrons. The number of carbonyl (C=O) groups is 1. The summed E-state index contributed by atoms with van der Waals surface area (Å²) in [5.74, 6) is -2.61. The summed E-state index contributed by atoms with van der Waals surface area (Å²) in [6.07, 6.45) is 0. The van der Waals surface area contributed by atoms with Gasteiger partial charge in [0.2, 0.25) is 0 Å². The highest BCUT2D eigenvalue weighted by atomic mass is 35.5. The van der Waals surface area contributed by atoms with Gasteiger partial charge in [0.1, 0.15) is 12.4 Å². The van der Waals surface area contributed by atoms with E-state index in [1.165, 1.54) is 13.2 Å². The molecule has 3 rings (SSSR count). The summed E-state index contributed by atoms with van der Waals surface area (Å²) in [5.41, 5.74) is 0.844.